The lowest BCUT2D eigenvalue weighted by Gasteiger charge is -2.12. The van der Waals surface area contributed by atoms with Gasteiger partial charge in [-0.3, -0.25) is 0 Å². The minimum atomic E-state index is 0.458. The third-order valence-electron chi connectivity index (χ3n) is 3.13. The summed E-state index contributed by atoms with van der Waals surface area (Å²) in [7, 11) is 3.54. The summed E-state index contributed by atoms with van der Waals surface area (Å²) < 4.78 is 7.20. The molecule has 0 saturated heterocycles. The van der Waals surface area contributed by atoms with Crippen LogP contribution in [0.3, 0.4) is 0 Å². The molecule has 2 N–H and O–H groups in total. The third kappa shape index (κ3) is 2.06. The minimum Gasteiger partial charge on any atom is -0.496 e. The Hall–Kier alpha value is -1.97. The molecule has 18 heavy (non-hydrogen) atoms. The van der Waals surface area contributed by atoms with Crippen LogP contribution in [0, 0.1) is 0 Å². The van der Waals surface area contributed by atoms with Gasteiger partial charge in [0.2, 0.25) is 0 Å². The van der Waals surface area contributed by atoms with Crippen LogP contribution in [0.2, 0.25) is 0 Å². The molecule has 0 spiro atoms. The fourth-order valence-corrected chi connectivity index (χ4v) is 1.92. The Bertz CT molecular complexity index is 558. The number of nitrogens with two attached hydrogens (primary N) is 1. The highest BCUT2D eigenvalue weighted by molar-refractivity contribution is 5.76. The molecule has 0 saturated carbocycles. The predicted molar refractivity (Wildman–Crippen MR) is 73.7 cm³/mol. The van der Waals surface area contributed by atoms with Gasteiger partial charge in [-0.05, 0) is 23.6 Å². The van der Waals surface area contributed by atoms with Gasteiger partial charge in [0.15, 0.2) is 0 Å². The molecule has 96 valence electrons. The molecule has 2 rings (SSSR count). The zero-order valence-electron chi connectivity index (χ0n) is 11.3. The van der Waals surface area contributed by atoms with E-state index in [1.807, 2.05) is 13.1 Å². The normalized spacial score (nSPS) is 10.9. The summed E-state index contributed by atoms with van der Waals surface area (Å²) in [5, 5.41) is 0. The van der Waals surface area contributed by atoms with Gasteiger partial charge < -0.3 is 15.0 Å². The second-order valence-electron chi connectivity index (χ2n) is 4.70. The molecule has 4 nitrogen and oxygen atoms in total. The van der Waals surface area contributed by atoms with Crippen molar-refractivity contribution >= 4 is 5.82 Å². The first-order valence-corrected chi connectivity index (χ1v) is 5.99. The van der Waals surface area contributed by atoms with Crippen LogP contribution >= 0.6 is 0 Å². The largest absolute Gasteiger partial charge is 0.496 e. The number of hydrogen-bond acceptors (Lipinski definition) is 3. The molecule has 2 aromatic rings. The Morgan fingerprint density at radius 2 is 2.06 bits per heavy atom. The van der Waals surface area contributed by atoms with Crippen LogP contribution in [0.4, 0.5) is 5.82 Å². The SMILES string of the molecule is COc1ccc(C(C)C)cc1-c1ncn(C)c1N. The second kappa shape index (κ2) is 4.72. The number of nitrogen functional groups attached to an aromatic ring is 1. The van der Waals surface area contributed by atoms with Gasteiger partial charge in [0.05, 0.1) is 13.4 Å². The van der Waals surface area contributed by atoms with E-state index in [1.165, 1.54) is 5.56 Å². The molecular formula is C14H19N3O. The summed E-state index contributed by atoms with van der Waals surface area (Å²) >= 11 is 0. The van der Waals surface area contributed by atoms with Crippen molar-refractivity contribution < 1.29 is 4.74 Å². The van der Waals surface area contributed by atoms with E-state index < -0.39 is 0 Å². The van der Waals surface area contributed by atoms with Crippen molar-refractivity contribution in [3.63, 3.8) is 0 Å². The Kier molecular flexibility index (Phi) is 3.28. The Morgan fingerprint density at radius 3 is 2.56 bits per heavy atom. The van der Waals surface area contributed by atoms with Crippen LogP contribution in [0.25, 0.3) is 11.3 Å². The van der Waals surface area contributed by atoms with Gasteiger partial charge in [-0.1, -0.05) is 19.9 Å². The number of aromatic nitrogens is 2. The maximum absolute atomic E-state index is 6.03. The number of rotatable bonds is 3. The molecular weight excluding hydrogens is 226 g/mol. The van der Waals surface area contributed by atoms with Crippen LogP contribution in [0.15, 0.2) is 24.5 Å². The summed E-state index contributed by atoms with van der Waals surface area (Å²) in [5.41, 5.74) is 9.00. The molecule has 4 heteroatoms. The number of aryl methyl sites for hydroxylation is 1. The van der Waals surface area contributed by atoms with Crippen LogP contribution in [0.1, 0.15) is 25.3 Å². The van der Waals surface area contributed by atoms with Crippen molar-refractivity contribution in [2.75, 3.05) is 12.8 Å². The third-order valence-corrected chi connectivity index (χ3v) is 3.13. The van der Waals surface area contributed by atoms with E-state index in [9.17, 15) is 0 Å². The molecule has 0 amide bonds. The number of hydrogen-bond donors (Lipinski definition) is 1. The molecule has 0 unspecified atom stereocenters. The molecule has 1 heterocycles. The first-order chi connectivity index (χ1) is 8.54. The van der Waals surface area contributed by atoms with Crippen LogP contribution in [0.5, 0.6) is 5.75 Å². The summed E-state index contributed by atoms with van der Waals surface area (Å²) in [4.78, 5) is 4.35. The average Bonchev–Trinajstić information content (AvgIpc) is 2.69. The summed E-state index contributed by atoms with van der Waals surface area (Å²) in [6.07, 6.45) is 1.71. The summed E-state index contributed by atoms with van der Waals surface area (Å²) in [6.45, 7) is 4.32. The van der Waals surface area contributed by atoms with Crippen LogP contribution < -0.4 is 10.5 Å². The molecule has 0 aliphatic rings. The van der Waals surface area contributed by atoms with E-state index in [0.717, 1.165) is 17.0 Å². The fraction of sp³-hybridized carbons (Fsp3) is 0.357. The number of nitrogens with zero attached hydrogens (tertiary/aromatic N) is 2. The molecule has 0 radical (unpaired) electrons. The van der Waals surface area contributed by atoms with Crippen LogP contribution in [-0.4, -0.2) is 16.7 Å². The standard InChI is InChI=1S/C14H19N3O/c1-9(2)10-5-6-12(18-4)11(7-10)13-14(15)17(3)8-16-13/h5-9H,15H2,1-4H3. The maximum atomic E-state index is 6.03. The zero-order valence-corrected chi connectivity index (χ0v) is 11.3. The number of ether oxygens (including phenoxy) is 1. The molecule has 1 aromatic carbocycles. The van der Waals surface area contributed by atoms with Gasteiger partial charge in [-0.25, -0.2) is 4.98 Å². The van der Waals surface area contributed by atoms with E-state index in [2.05, 4.69) is 31.0 Å². The number of methoxy groups -OCH3 is 1. The van der Waals surface area contributed by atoms with Crippen molar-refractivity contribution in [3.8, 4) is 17.0 Å². The number of imidazole rings is 1. The first kappa shape index (κ1) is 12.5. The lowest BCUT2D eigenvalue weighted by molar-refractivity contribution is 0.416. The lowest BCUT2D eigenvalue weighted by atomic mass is 9.99. The first-order valence-electron chi connectivity index (χ1n) is 5.99. The van der Waals surface area contributed by atoms with Crippen molar-refractivity contribution in [2.45, 2.75) is 19.8 Å². The maximum Gasteiger partial charge on any atom is 0.131 e. The monoisotopic (exact) mass is 245 g/mol. The van der Waals surface area contributed by atoms with E-state index >= 15 is 0 Å². The molecule has 0 bridgehead atoms. The summed E-state index contributed by atoms with van der Waals surface area (Å²) in [6, 6.07) is 6.15. The minimum absolute atomic E-state index is 0.458. The smallest absolute Gasteiger partial charge is 0.131 e. The van der Waals surface area contributed by atoms with Gasteiger partial charge in [0.25, 0.3) is 0 Å². The highest BCUT2D eigenvalue weighted by Gasteiger charge is 2.14. The molecule has 0 aliphatic carbocycles. The Morgan fingerprint density at radius 1 is 1.33 bits per heavy atom. The average molecular weight is 245 g/mol. The van der Waals surface area contributed by atoms with Crippen molar-refractivity contribution in [3.05, 3.63) is 30.1 Å². The second-order valence-corrected chi connectivity index (χ2v) is 4.70. The fourth-order valence-electron chi connectivity index (χ4n) is 1.92. The van der Waals surface area contributed by atoms with Crippen molar-refractivity contribution in [1.29, 1.82) is 0 Å². The van der Waals surface area contributed by atoms with Gasteiger partial charge in [-0.2, -0.15) is 0 Å². The molecule has 0 atom stereocenters. The predicted octanol–water partition coefficient (Wildman–Crippen LogP) is 2.80. The quantitative estimate of drug-likeness (QED) is 0.904. The van der Waals surface area contributed by atoms with Gasteiger partial charge >= 0.3 is 0 Å². The lowest BCUT2D eigenvalue weighted by Crippen LogP contribution is -1.98. The van der Waals surface area contributed by atoms with Crippen LogP contribution in [-0.2, 0) is 7.05 Å². The Labute approximate surface area is 107 Å². The van der Waals surface area contributed by atoms with E-state index in [0.29, 0.717) is 11.7 Å². The highest BCUT2D eigenvalue weighted by Crippen LogP contribution is 2.34. The molecule has 0 aliphatic heterocycles. The Balaban J connectivity index is 2.60. The zero-order chi connectivity index (χ0) is 13.3. The highest BCUT2D eigenvalue weighted by atomic mass is 16.5. The summed E-state index contributed by atoms with van der Waals surface area (Å²) in [5.74, 6) is 1.90. The topological polar surface area (TPSA) is 53.1 Å². The van der Waals surface area contributed by atoms with Crippen molar-refractivity contribution in [1.82, 2.24) is 9.55 Å². The number of anilines is 1. The van der Waals surface area contributed by atoms with Gasteiger partial charge in [-0.15, -0.1) is 0 Å². The van der Waals surface area contributed by atoms with E-state index in [-0.39, 0.29) is 0 Å². The van der Waals surface area contributed by atoms with Gasteiger partial charge in [0, 0.05) is 12.6 Å². The number of benzene rings is 1. The molecule has 1 aromatic heterocycles. The van der Waals surface area contributed by atoms with Gasteiger partial charge in [0.1, 0.15) is 17.3 Å². The van der Waals surface area contributed by atoms with E-state index in [4.69, 9.17) is 10.5 Å². The van der Waals surface area contributed by atoms with E-state index in [1.54, 1.807) is 18.0 Å². The molecule has 0 fully saturated rings. The van der Waals surface area contributed by atoms with Crippen molar-refractivity contribution in [2.24, 2.45) is 7.05 Å².